The lowest BCUT2D eigenvalue weighted by Crippen LogP contribution is -2.65. The molecule has 1 aliphatic carbocycles. The predicted octanol–water partition coefficient (Wildman–Crippen LogP) is 5.25. The molecule has 0 radical (unpaired) electrons. The summed E-state index contributed by atoms with van der Waals surface area (Å²) in [4.78, 5) is 32.3. The van der Waals surface area contributed by atoms with Crippen LogP contribution in [0.4, 0.5) is 0 Å². The minimum Gasteiger partial charge on any atom is -0.460 e. The molecule has 0 aromatic carbocycles. The molecule has 5 rings (SSSR count). The van der Waals surface area contributed by atoms with Crippen LogP contribution in [0.3, 0.4) is 0 Å². The monoisotopic (exact) mass is 496 g/mol. The van der Waals surface area contributed by atoms with Crippen molar-refractivity contribution in [3.8, 4) is 0 Å². The number of carbonyl (C=O) groups excluding carboxylic acids is 2. The molecule has 2 aromatic rings. The van der Waals surface area contributed by atoms with Gasteiger partial charge in [-0.2, -0.15) is 0 Å². The molecular formula is C29H44N4O3. The zero-order valence-electron chi connectivity index (χ0n) is 22.5. The highest BCUT2D eigenvalue weighted by molar-refractivity contribution is 6.03. The molecule has 1 saturated heterocycles. The van der Waals surface area contributed by atoms with Crippen LogP contribution in [0.5, 0.6) is 0 Å². The third-order valence-corrected chi connectivity index (χ3v) is 8.97. The molecule has 0 bridgehead atoms. The van der Waals surface area contributed by atoms with Crippen molar-refractivity contribution in [2.24, 2.45) is 0 Å². The van der Waals surface area contributed by atoms with Gasteiger partial charge in [0.2, 0.25) is 5.91 Å². The Morgan fingerprint density at radius 2 is 1.83 bits per heavy atom. The second-order valence-corrected chi connectivity index (χ2v) is 11.6. The molecule has 2 aromatic heterocycles. The van der Waals surface area contributed by atoms with Crippen LogP contribution in [0, 0.1) is 6.92 Å². The van der Waals surface area contributed by atoms with Crippen LogP contribution in [0.2, 0.25) is 0 Å². The van der Waals surface area contributed by atoms with Crippen molar-refractivity contribution in [1.29, 1.82) is 0 Å². The molecule has 1 saturated carbocycles. The topological polar surface area (TPSA) is 70.7 Å². The summed E-state index contributed by atoms with van der Waals surface area (Å²) in [5.74, 6) is 0.746. The predicted molar refractivity (Wildman–Crippen MR) is 142 cm³/mol. The molecule has 1 N–H and O–H groups in total. The van der Waals surface area contributed by atoms with Crippen LogP contribution >= 0.6 is 0 Å². The van der Waals surface area contributed by atoms with Gasteiger partial charge in [-0.05, 0) is 58.9 Å². The normalized spacial score (nSPS) is 26.2. The quantitative estimate of drug-likeness (QED) is 0.532. The number of nitrogens with one attached hydrogen (secondary N) is 1. The van der Waals surface area contributed by atoms with E-state index >= 15 is 0 Å². The number of aryl methyl sites for hydroxylation is 1. The zero-order valence-corrected chi connectivity index (χ0v) is 22.5. The van der Waals surface area contributed by atoms with Crippen LogP contribution in [0.25, 0.3) is 11.1 Å². The van der Waals surface area contributed by atoms with Crippen LogP contribution in [-0.2, 0) is 11.3 Å². The first-order chi connectivity index (χ1) is 17.4. The van der Waals surface area contributed by atoms with Crippen molar-refractivity contribution in [3.05, 3.63) is 23.6 Å². The second kappa shape index (κ2) is 10.6. The highest BCUT2D eigenvalue weighted by atomic mass is 16.3. The van der Waals surface area contributed by atoms with Crippen molar-refractivity contribution >= 4 is 22.9 Å². The maximum Gasteiger partial charge on any atom is 0.271 e. The van der Waals surface area contributed by atoms with E-state index in [2.05, 4.69) is 17.1 Å². The number of furan rings is 1. The van der Waals surface area contributed by atoms with Crippen LogP contribution < -0.4 is 5.32 Å². The van der Waals surface area contributed by atoms with Crippen molar-refractivity contribution in [1.82, 2.24) is 19.7 Å². The van der Waals surface area contributed by atoms with Gasteiger partial charge in [0.25, 0.3) is 5.91 Å². The number of amides is 2. The molecule has 7 heteroatoms. The van der Waals surface area contributed by atoms with Gasteiger partial charge < -0.3 is 24.1 Å². The van der Waals surface area contributed by atoms with Crippen molar-refractivity contribution < 1.29 is 14.0 Å². The number of hydrogen-bond donors (Lipinski definition) is 1. The van der Waals surface area contributed by atoms with E-state index in [1.165, 1.54) is 38.5 Å². The number of rotatable bonds is 7. The Balaban J connectivity index is 1.39. The molecule has 3 aliphatic rings. The molecule has 36 heavy (non-hydrogen) atoms. The van der Waals surface area contributed by atoms with Gasteiger partial charge in [0.05, 0.1) is 12.1 Å². The van der Waals surface area contributed by atoms with E-state index in [0.29, 0.717) is 24.8 Å². The summed E-state index contributed by atoms with van der Waals surface area (Å²) < 4.78 is 7.86. The molecule has 2 amide bonds. The number of hydrogen-bond acceptors (Lipinski definition) is 4. The van der Waals surface area contributed by atoms with E-state index < -0.39 is 5.54 Å². The smallest absolute Gasteiger partial charge is 0.271 e. The fourth-order valence-corrected chi connectivity index (χ4v) is 6.82. The SMILES string of the molecule is CCC1CCCCN1CCCN1C(=O)c2cc3oc(C)cc3n2CC1(C)C(=O)NC1CCCCCC1. The van der Waals surface area contributed by atoms with Gasteiger partial charge in [-0.1, -0.05) is 39.0 Å². The van der Waals surface area contributed by atoms with Gasteiger partial charge in [0.15, 0.2) is 5.58 Å². The maximum absolute atomic E-state index is 13.9. The van der Waals surface area contributed by atoms with Gasteiger partial charge in [0.1, 0.15) is 17.0 Å². The van der Waals surface area contributed by atoms with Gasteiger partial charge in [-0.3, -0.25) is 9.59 Å². The van der Waals surface area contributed by atoms with E-state index in [4.69, 9.17) is 4.42 Å². The first-order valence-corrected chi connectivity index (χ1v) is 14.4. The van der Waals surface area contributed by atoms with E-state index in [0.717, 1.165) is 62.1 Å². The lowest BCUT2D eigenvalue weighted by atomic mass is 9.93. The second-order valence-electron chi connectivity index (χ2n) is 11.6. The van der Waals surface area contributed by atoms with Crippen molar-refractivity contribution in [3.63, 3.8) is 0 Å². The molecule has 2 unspecified atom stereocenters. The number of likely N-dealkylation sites (tertiary alicyclic amines) is 1. The minimum atomic E-state index is -0.931. The van der Waals surface area contributed by atoms with Crippen molar-refractivity contribution in [2.45, 2.75) is 116 Å². The summed E-state index contributed by atoms with van der Waals surface area (Å²) >= 11 is 0. The Hall–Kier alpha value is -2.28. The van der Waals surface area contributed by atoms with E-state index in [-0.39, 0.29) is 17.9 Å². The molecule has 198 valence electrons. The van der Waals surface area contributed by atoms with E-state index in [1.807, 2.05) is 35.4 Å². The summed E-state index contributed by atoms with van der Waals surface area (Å²) in [5.41, 5.74) is 1.33. The molecule has 0 spiro atoms. The first-order valence-electron chi connectivity index (χ1n) is 14.4. The minimum absolute atomic E-state index is 0.0140. The summed E-state index contributed by atoms with van der Waals surface area (Å²) in [5, 5.41) is 3.37. The average Bonchev–Trinajstić information content (AvgIpc) is 3.26. The summed E-state index contributed by atoms with van der Waals surface area (Å²) in [6.45, 7) is 9.33. The summed E-state index contributed by atoms with van der Waals surface area (Å²) in [6, 6.07) is 4.69. The standard InChI is InChI=1S/C29H44N4O3/c1-4-23-14-9-10-15-31(23)16-11-17-33-27(34)25-19-26-24(18-21(2)36-26)32(25)20-29(33,3)28(35)30-22-12-7-5-6-8-13-22/h18-19,22-23H,4-17,20H2,1-3H3,(H,30,35). The Morgan fingerprint density at radius 3 is 2.58 bits per heavy atom. The molecule has 2 aliphatic heterocycles. The average molecular weight is 497 g/mol. The summed E-state index contributed by atoms with van der Waals surface area (Å²) in [6.07, 6.45) is 12.8. The molecule has 4 heterocycles. The number of aromatic nitrogens is 1. The van der Waals surface area contributed by atoms with Crippen LogP contribution in [-0.4, -0.2) is 63.4 Å². The molecule has 7 nitrogen and oxygen atoms in total. The lowest BCUT2D eigenvalue weighted by molar-refractivity contribution is -0.133. The van der Waals surface area contributed by atoms with Gasteiger partial charge >= 0.3 is 0 Å². The van der Waals surface area contributed by atoms with Crippen molar-refractivity contribution in [2.75, 3.05) is 19.6 Å². The van der Waals surface area contributed by atoms with Gasteiger partial charge in [-0.15, -0.1) is 0 Å². The fourth-order valence-electron chi connectivity index (χ4n) is 6.82. The van der Waals surface area contributed by atoms with Gasteiger partial charge in [-0.25, -0.2) is 0 Å². The number of carbonyl (C=O) groups is 2. The lowest BCUT2D eigenvalue weighted by Gasteiger charge is -2.45. The van der Waals surface area contributed by atoms with Crippen LogP contribution in [0.15, 0.2) is 16.5 Å². The van der Waals surface area contributed by atoms with E-state index in [1.54, 1.807) is 0 Å². The Bertz CT molecular complexity index is 1080. The summed E-state index contributed by atoms with van der Waals surface area (Å²) in [7, 11) is 0. The number of fused-ring (bicyclic) bond motifs is 3. The fraction of sp³-hybridized carbons (Fsp3) is 0.724. The first kappa shape index (κ1) is 25.4. The molecule has 2 atom stereocenters. The number of piperidine rings is 1. The molecular weight excluding hydrogens is 452 g/mol. The maximum atomic E-state index is 13.9. The van der Waals surface area contributed by atoms with E-state index in [9.17, 15) is 9.59 Å². The third kappa shape index (κ3) is 4.83. The highest BCUT2D eigenvalue weighted by Crippen LogP contribution is 2.34. The Kier molecular flexibility index (Phi) is 7.47. The molecule has 2 fully saturated rings. The highest BCUT2D eigenvalue weighted by Gasteiger charge is 2.48. The van der Waals surface area contributed by atoms with Crippen LogP contribution in [0.1, 0.15) is 101 Å². The number of nitrogens with zero attached hydrogens (tertiary/aromatic N) is 3. The third-order valence-electron chi connectivity index (χ3n) is 8.97. The largest absolute Gasteiger partial charge is 0.460 e. The Morgan fingerprint density at radius 1 is 1.08 bits per heavy atom. The zero-order chi connectivity index (χ0) is 25.3. The Labute approximate surface area is 215 Å². The van der Waals surface area contributed by atoms with Gasteiger partial charge in [0, 0.05) is 37.3 Å².